The zero-order valence-corrected chi connectivity index (χ0v) is 34.1. The molecule has 0 amide bonds. The van der Waals surface area contributed by atoms with Crippen molar-refractivity contribution in [2.75, 3.05) is 33.2 Å². The molecule has 4 aromatic heterocycles. The molecule has 0 spiro atoms. The molecule has 2 aromatic carbocycles. The van der Waals surface area contributed by atoms with Gasteiger partial charge in [-0.2, -0.15) is 0 Å². The SMILES string of the molecule is C=O.CN1CCC(c2ncc(-c3cnc([N+](=O)[O-])c(OCc4ccccc4)c3)s2)CC1.O=[N+]([O-])c1ncc(-c2cnc(C3CCNCC3)s2)cc1OCc1ccccc1. The molecule has 2 saturated heterocycles. The summed E-state index contributed by atoms with van der Waals surface area (Å²) in [4.78, 5) is 51.2. The first-order valence-corrected chi connectivity index (χ1v) is 20.7. The molecule has 0 saturated carbocycles. The van der Waals surface area contributed by atoms with Crippen LogP contribution in [0.5, 0.6) is 11.5 Å². The maximum atomic E-state index is 11.4. The first-order chi connectivity index (χ1) is 28.8. The molecule has 306 valence electrons. The minimum atomic E-state index is -0.517. The summed E-state index contributed by atoms with van der Waals surface area (Å²) in [7, 11) is 2.14. The molecule has 2 aliphatic heterocycles. The number of carbonyl (C=O) groups excluding carboxylic acids is 1. The van der Waals surface area contributed by atoms with Crippen LogP contribution < -0.4 is 14.8 Å². The van der Waals surface area contributed by atoms with Crippen molar-refractivity contribution in [3.8, 4) is 32.4 Å². The van der Waals surface area contributed by atoms with Gasteiger partial charge in [-0.25, -0.2) is 9.97 Å². The number of carbonyl (C=O) groups is 1. The van der Waals surface area contributed by atoms with Gasteiger partial charge in [-0.05, 0) is 89.9 Å². The first kappa shape index (κ1) is 42.6. The Hall–Kier alpha value is -6.01. The molecule has 59 heavy (non-hydrogen) atoms. The summed E-state index contributed by atoms with van der Waals surface area (Å²) in [6.45, 7) is 6.67. The highest BCUT2D eigenvalue weighted by atomic mass is 32.1. The zero-order valence-electron chi connectivity index (χ0n) is 32.5. The predicted octanol–water partition coefficient (Wildman–Crippen LogP) is 8.48. The number of nitrogens with one attached hydrogen (secondary N) is 1. The van der Waals surface area contributed by atoms with Crippen LogP contribution >= 0.6 is 22.7 Å². The van der Waals surface area contributed by atoms with Gasteiger partial charge in [0, 0.05) is 47.5 Å². The van der Waals surface area contributed by atoms with Gasteiger partial charge in [-0.15, -0.1) is 22.7 Å². The molecule has 15 nitrogen and oxygen atoms in total. The molecule has 0 bridgehead atoms. The maximum Gasteiger partial charge on any atom is 0.406 e. The van der Waals surface area contributed by atoms with E-state index in [0.717, 1.165) is 93.9 Å². The van der Waals surface area contributed by atoms with Crippen molar-refractivity contribution in [2.24, 2.45) is 0 Å². The molecular formula is C42H44N8O7S2. The number of rotatable bonds is 12. The van der Waals surface area contributed by atoms with Crippen molar-refractivity contribution in [1.82, 2.24) is 30.2 Å². The summed E-state index contributed by atoms with van der Waals surface area (Å²) in [6, 6.07) is 22.5. The van der Waals surface area contributed by atoms with E-state index in [2.05, 4.69) is 37.2 Å². The molecule has 0 radical (unpaired) electrons. The number of piperidine rings is 2. The minimum absolute atomic E-state index is 0.170. The summed E-state index contributed by atoms with van der Waals surface area (Å²) in [5.74, 6) is 0.742. The van der Waals surface area contributed by atoms with Gasteiger partial charge in [0.25, 0.3) is 0 Å². The zero-order chi connectivity index (χ0) is 41.6. The van der Waals surface area contributed by atoms with Crippen molar-refractivity contribution >= 4 is 41.1 Å². The van der Waals surface area contributed by atoms with E-state index in [1.165, 1.54) is 12.4 Å². The molecule has 6 heterocycles. The van der Waals surface area contributed by atoms with E-state index in [4.69, 9.17) is 14.3 Å². The van der Waals surface area contributed by atoms with E-state index in [0.29, 0.717) is 11.8 Å². The molecule has 0 atom stereocenters. The van der Waals surface area contributed by atoms with E-state index in [-0.39, 0.29) is 36.3 Å². The Morgan fingerprint density at radius 1 is 0.678 bits per heavy atom. The number of nitrogens with zero attached hydrogens (tertiary/aromatic N) is 7. The van der Waals surface area contributed by atoms with Gasteiger partial charge < -0.3 is 44.7 Å². The summed E-state index contributed by atoms with van der Waals surface area (Å²) >= 11 is 3.26. The number of likely N-dealkylation sites (tertiary alicyclic amines) is 1. The molecule has 8 rings (SSSR count). The van der Waals surface area contributed by atoms with Crippen LogP contribution in [0.3, 0.4) is 0 Å². The third-order valence-corrected chi connectivity index (χ3v) is 12.3. The first-order valence-electron chi connectivity index (χ1n) is 19.0. The van der Waals surface area contributed by atoms with Crippen LogP contribution in [0, 0.1) is 20.2 Å². The van der Waals surface area contributed by atoms with Crippen molar-refractivity contribution in [2.45, 2.75) is 50.7 Å². The van der Waals surface area contributed by atoms with Gasteiger partial charge in [0.15, 0.2) is 0 Å². The van der Waals surface area contributed by atoms with Gasteiger partial charge in [-0.3, -0.25) is 0 Å². The monoisotopic (exact) mass is 836 g/mol. The second-order valence-corrected chi connectivity index (χ2v) is 16.0. The maximum absolute atomic E-state index is 11.4. The standard InChI is InChI=1S/C21H22N4O3S.C20H20N4O3S.CH2O/c1-24-9-7-16(8-10-24)21-23-13-19(29-21)17-11-18(20(22-12-17)25(26)27)28-14-15-5-3-2-4-6-15;25-24(26)19-17(27-13-14-4-2-1-3-5-14)10-16(11-22-19)18-12-23-20(28-18)15-6-8-21-9-7-15;1-2/h2-6,11-13,16H,7-10,14H2,1H3;1-5,10-12,15,21H,6-9,13H2;1H2. The summed E-state index contributed by atoms with van der Waals surface area (Å²) in [6.07, 6.45) is 11.1. The van der Waals surface area contributed by atoms with Gasteiger partial charge in [0.1, 0.15) is 32.4 Å². The fraction of sp³-hybridized carbons (Fsp3) is 0.310. The Labute approximate surface area is 349 Å². The van der Waals surface area contributed by atoms with Crippen LogP contribution in [-0.4, -0.2) is 74.7 Å². The molecule has 2 fully saturated rings. The number of benzene rings is 2. The van der Waals surface area contributed by atoms with Crippen molar-refractivity contribution < 1.29 is 24.1 Å². The molecule has 6 aromatic rings. The second kappa shape index (κ2) is 21.1. The van der Waals surface area contributed by atoms with Gasteiger partial charge in [0.2, 0.25) is 11.5 Å². The number of hydrogen-bond acceptors (Lipinski definition) is 15. The van der Waals surface area contributed by atoms with E-state index in [1.807, 2.05) is 79.8 Å². The van der Waals surface area contributed by atoms with E-state index in [9.17, 15) is 20.2 Å². The molecule has 2 aliphatic rings. The van der Waals surface area contributed by atoms with Crippen LogP contribution in [0.2, 0.25) is 0 Å². The lowest BCUT2D eigenvalue weighted by atomic mass is 9.98. The summed E-state index contributed by atoms with van der Waals surface area (Å²) in [5, 5.41) is 28.3. The summed E-state index contributed by atoms with van der Waals surface area (Å²) in [5.41, 5.74) is 3.45. The normalized spacial score (nSPS) is 14.6. The quantitative estimate of drug-likeness (QED) is 0.0914. The number of pyridine rings is 2. The van der Waals surface area contributed by atoms with E-state index < -0.39 is 9.85 Å². The smallest absolute Gasteiger partial charge is 0.406 e. The van der Waals surface area contributed by atoms with Crippen molar-refractivity contribution in [3.05, 3.63) is 139 Å². The van der Waals surface area contributed by atoms with Crippen LogP contribution in [0.25, 0.3) is 20.9 Å². The highest BCUT2D eigenvalue weighted by Gasteiger charge is 2.25. The number of hydrogen-bond donors (Lipinski definition) is 1. The van der Waals surface area contributed by atoms with E-state index in [1.54, 1.807) is 34.8 Å². The highest BCUT2D eigenvalue weighted by molar-refractivity contribution is 7.15. The molecule has 17 heteroatoms. The van der Waals surface area contributed by atoms with Crippen LogP contribution in [0.4, 0.5) is 11.6 Å². The highest BCUT2D eigenvalue weighted by Crippen LogP contribution is 2.38. The minimum Gasteiger partial charge on any atom is -0.481 e. The Balaban J connectivity index is 0.000000191. The molecule has 1 N–H and O–H groups in total. The Morgan fingerprint density at radius 2 is 1.10 bits per heavy atom. The average Bonchev–Trinajstić information content (AvgIpc) is 3.99. The third kappa shape index (κ3) is 11.6. The second-order valence-electron chi connectivity index (χ2n) is 13.9. The molecule has 0 aliphatic carbocycles. The van der Waals surface area contributed by atoms with E-state index >= 15 is 0 Å². The lowest BCUT2D eigenvalue weighted by Gasteiger charge is -2.27. The lowest BCUT2D eigenvalue weighted by molar-refractivity contribution is -0.390. The van der Waals surface area contributed by atoms with Crippen LogP contribution in [0.1, 0.15) is 58.7 Å². The van der Waals surface area contributed by atoms with Crippen molar-refractivity contribution in [1.29, 1.82) is 0 Å². The Bertz CT molecular complexity index is 2280. The number of ether oxygens (including phenoxy) is 2. The Morgan fingerprint density at radius 3 is 1.53 bits per heavy atom. The average molecular weight is 837 g/mol. The molecule has 0 unspecified atom stereocenters. The topological polar surface area (TPSA) is 189 Å². The fourth-order valence-electron chi connectivity index (χ4n) is 6.65. The fourth-order valence-corrected chi connectivity index (χ4v) is 8.78. The van der Waals surface area contributed by atoms with Crippen LogP contribution in [0.15, 0.2) is 97.6 Å². The predicted molar refractivity (Wildman–Crippen MR) is 227 cm³/mol. The number of nitro groups is 2. The summed E-state index contributed by atoms with van der Waals surface area (Å²) < 4.78 is 11.5. The van der Waals surface area contributed by atoms with Gasteiger partial charge >= 0.3 is 11.6 Å². The number of thiazole rings is 2. The Kier molecular flexibility index (Phi) is 15.3. The lowest BCUT2D eigenvalue weighted by Crippen LogP contribution is -2.29. The number of aromatic nitrogens is 4. The van der Waals surface area contributed by atoms with Crippen LogP contribution in [-0.2, 0) is 18.0 Å². The third-order valence-electron chi connectivity index (χ3n) is 9.86. The largest absolute Gasteiger partial charge is 0.481 e. The van der Waals surface area contributed by atoms with Crippen molar-refractivity contribution in [3.63, 3.8) is 0 Å². The van der Waals surface area contributed by atoms with Gasteiger partial charge in [-0.1, -0.05) is 60.7 Å². The van der Waals surface area contributed by atoms with Gasteiger partial charge in [0.05, 0.1) is 19.8 Å². The molecular weight excluding hydrogens is 793 g/mol.